The zero-order valence-electron chi connectivity index (χ0n) is 9.05. The van der Waals surface area contributed by atoms with Gasteiger partial charge in [0.05, 0.1) is 12.1 Å². The molecule has 0 saturated heterocycles. The summed E-state index contributed by atoms with van der Waals surface area (Å²) in [5.74, 6) is -0.939. The standard InChI is InChI=1S/C12H10N4O/c13-5-11-7-1-3-8(4-2-7)12(11,6-14)10(17)16-9(11)15/h1,3,7-8H,2,4H2,(H2,15,16,17)/t7-,8-,11-,12-/m0/s1. The fourth-order valence-corrected chi connectivity index (χ4v) is 3.58. The molecule has 4 rings (SSSR count). The fraction of sp³-hybridized carbons (Fsp3) is 0.500. The Labute approximate surface area is 98.2 Å². The van der Waals surface area contributed by atoms with Gasteiger partial charge in [-0.25, -0.2) is 0 Å². The van der Waals surface area contributed by atoms with E-state index in [-0.39, 0.29) is 17.7 Å². The van der Waals surface area contributed by atoms with Gasteiger partial charge in [-0.2, -0.15) is 15.5 Å². The maximum atomic E-state index is 12.1. The van der Waals surface area contributed by atoms with Crippen LogP contribution in [0.4, 0.5) is 0 Å². The number of amidine groups is 1. The Morgan fingerprint density at radius 3 is 2.18 bits per heavy atom. The number of carbonyl (C=O) groups is 1. The first-order valence-corrected chi connectivity index (χ1v) is 5.53. The largest absolute Gasteiger partial charge is 0.386 e. The molecule has 5 heteroatoms. The van der Waals surface area contributed by atoms with Crippen molar-refractivity contribution in [1.29, 1.82) is 10.5 Å². The number of amides is 1. The van der Waals surface area contributed by atoms with Crippen molar-refractivity contribution in [3.8, 4) is 12.1 Å². The number of fused-ring (bicyclic) bond motifs is 1. The molecule has 1 aliphatic heterocycles. The summed E-state index contributed by atoms with van der Waals surface area (Å²) in [6, 6.07) is 4.20. The predicted octanol–water partition coefficient (Wildman–Crippen LogP) is 0.500. The van der Waals surface area contributed by atoms with Crippen molar-refractivity contribution in [3.05, 3.63) is 12.2 Å². The molecule has 3 aliphatic carbocycles. The van der Waals surface area contributed by atoms with E-state index in [0.29, 0.717) is 0 Å². The smallest absolute Gasteiger partial charge is 0.270 e. The van der Waals surface area contributed by atoms with Gasteiger partial charge in [0.15, 0.2) is 5.41 Å². The van der Waals surface area contributed by atoms with Crippen LogP contribution in [0.1, 0.15) is 12.8 Å². The van der Waals surface area contributed by atoms with Crippen molar-refractivity contribution in [2.45, 2.75) is 12.8 Å². The van der Waals surface area contributed by atoms with Crippen LogP contribution >= 0.6 is 0 Å². The van der Waals surface area contributed by atoms with Crippen LogP contribution in [0.5, 0.6) is 0 Å². The number of nitrogens with zero attached hydrogens (tertiary/aromatic N) is 3. The van der Waals surface area contributed by atoms with Crippen LogP contribution in [-0.2, 0) is 4.79 Å². The number of nitriles is 2. The molecule has 0 radical (unpaired) electrons. The lowest BCUT2D eigenvalue weighted by molar-refractivity contribution is -0.131. The maximum Gasteiger partial charge on any atom is 0.270 e. The molecule has 0 spiro atoms. The molecular formula is C12H10N4O. The number of carbonyl (C=O) groups excluding carboxylic acids is 1. The topological polar surface area (TPSA) is 103 Å². The molecule has 2 bridgehead atoms. The van der Waals surface area contributed by atoms with E-state index in [1.54, 1.807) is 0 Å². The van der Waals surface area contributed by atoms with Crippen LogP contribution in [0.25, 0.3) is 0 Å². The first-order valence-electron chi connectivity index (χ1n) is 5.53. The van der Waals surface area contributed by atoms with Gasteiger partial charge in [-0.15, -0.1) is 0 Å². The Balaban J connectivity index is 2.37. The molecule has 84 valence electrons. The first-order chi connectivity index (χ1) is 8.13. The summed E-state index contributed by atoms with van der Waals surface area (Å²) in [6.07, 6.45) is 5.31. The second-order valence-electron chi connectivity index (χ2n) is 4.82. The second kappa shape index (κ2) is 2.75. The van der Waals surface area contributed by atoms with Crippen molar-refractivity contribution < 1.29 is 4.79 Å². The van der Waals surface area contributed by atoms with Crippen molar-refractivity contribution >= 4 is 11.7 Å². The average Bonchev–Trinajstić information content (AvgIpc) is 2.61. The second-order valence-corrected chi connectivity index (χ2v) is 4.82. The van der Waals surface area contributed by atoms with Crippen LogP contribution in [0.15, 0.2) is 17.1 Å². The summed E-state index contributed by atoms with van der Waals surface area (Å²) in [4.78, 5) is 15.8. The molecule has 0 aromatic carbocycles. The quantitative estimate of drug-likeness (QED) is 0.607. The molecule has 1 amide bonds. The Kier molecular flexibility index (Phi) is 1.63. The molecular weight excluding hydrogens is 216 g/mol. The Hall–Kier alpha value is -2.14. The summed E-state index contributed by atoms with van der Waals surface area (Å²) in [6.45, 7) is 0. The number of hydrogen-bond donors (Lipinski definition) is 1. The zero-order chi connectivity index (χ0) is 12.3. The molecule has 1 heterocycles. The summed E-state index contributed by atoms with van der Waals surface area (Å²) in [5, 5.41) is 19.0. The number of aliphatic imine (C=N–C) groups is 1. The Morgan fingerprint density at radius 2 is 1.76 bits per heavy atom. The summed E-state index contributed by atoms with van der Waals surface area (Å²) >= 11 is 0. The normalized spacial score (nSPS) is 46.0. The molecule has 2 N–H and O–H groups in total. The van der Waals surface area contributed by atoms with Gasteiger partial charge >= 0.3 is 0 Å². The maximum absolute atomic E-state index is 12.1. The van der Waals surface area contributed by atoms with E-state index in [1.165, 1.54) is 0 Å². The van der Waals surface area contributed by atoms with Gasteiger partial charge in [0.2, 0.25) is 0 Å². The highest BCUT2D eigenvalue weighted by Gasteiger charge is 2.73. The third-order valence-electron chi connectivity index (χ3n) is 4.41. The van der Waals surface area contributed by atoms with E-state index in [9.17, 15) is 15.3 Å². The summed E-state index contributed by atoms with van der Waals surface area (Å²) < 4.78 is 0. The van der Waals surface area contributed by atoms with Crippen LogP contribution in [0, 0.1) is 45.3 Å². The molecule has 0 aromatic rings. The van der Waals surface area contributed by atoms with E-state index in [4.69, 9.17) is 5.73 Å². The van der Waals surface area contributed by atoms with E-state index < -0.39 is 16.7 Å². The van der Waals surface area contributed by atoms with Gasteiger partial charge in [-0.3, -0.25) is 4.79 Å². The van der Waals surface area contributed by atoms with Gasteiger partial charge in [-0.05, 0) is 12.8 Å². The van der Waals surface area contributed by atoms with Crippen LogP contribution in [-0.4, -0.2) is 11.7 Å². The molecule has 0 aromatic heterocycles. The molecule has 4 aliphatic rings. The molecule has 0 unspecified atom stereocenters. The predicted molar refractivity (Wildman–Crippen MR) is 58.1 cm³/mol. The third-order valence-corrected chi connectivity index (χ3v) is 4.41. The molecule has 5 nitrogen and oxygen atoms in total. The van der Waals surface area contributed by atoms with Crippen LogP contribution in [0.3, 0.4) is 0 Å². The lowest BCUT2D eigenvalue weighted by atomic mass is 9.46. The Bertz CT molecular complexity index is 564. The van der Waals surface area contributed by atoms with E-state index in [1.807, 2.05) is 12.2 Å². The van der Waals surface area contributed by atoms with Gasteiger partial charge < -0.3 is 5.73 Å². The number of hydrogen-bond acceptors (Lipinski definition) is 4. The van der Waals surface area contributed by atoms with E-state index in [0.717, 1.165) is 12.8 Å². The SMILES string of the molecule is N#C[C@]12C(=O)N=C(N)[C@]1(C#N)[C@H]1C=C[C@H]2CC1. The van der Waals surface area contributed by atoms with Crippen molar-refractivity contribution in [1.82, 2.24) is 0 Å². The van der Waals surface area contributed by atoms with Crippen LogP contribution in [0.2, 0.25) is 0 Å². The minimum absolute atomic E-state index is 0.0191. The third kappa shape index (κ3) is 0.754. The summed E-state index contributed by atoms with van der Waals surface area (Å²) in [7, 11) is 0. The minimum Gasteiger partial charge on any atom is -0.386 e. The van der Waals surface area contributed by atoms with Crippen LogP contribution < -0.4 is 5.73 Å². The molecule has 1 fully saturated rings. The van der Waals surface area contributed by atoms with Gasteiger partial charge in [0.25, 0.3) is 5.91 Å². The summed E-state index contributed by atoms with van der Waals surface area (Å²) in [5.41, 5.74) is 3.17. The monoisotopic (exact) mass is 226 g/mol. The highest BCUT2D eigenvalue weighted by atomic mass is 16.2. The van der Waals surface area contributed by atoms with Crippen molar-refractivity contribution in [2.75, 3.05) is 0 Å². The molecule has 1 saturated carbocycles. The van der Waals surface area contributed by atoms with Gasteiger partial charge in [-0.1, -0.05) is 12.2 Å². The van der Waals surface area contributed by atoms with Crippen molar-refractivity contribution in [2.24, 2.45) is 33.4 Å². The molecule has 4 atom stereocenters. The number of allylic oxidation sites excluding steroid dienone is 2. The average molecular weight is 226 g/mol. The number of nitrogens with two attached hydrogens (primary N) is 1. The first kappa shape index (κ1) is 10.0. The van der Waals surface area contributed by atoms with E-state index in [2.05, 4.69) is 17.1 Å². The van der Waals surface area contributed by atoms with Gasteiger partial charge in [0, 0.05) is 11.8 Å². The van der Waals surface area contributed by atoms with Crippen molar-refractivity contribution in [3.63, 3.8) is 0 Å². The highest BCUT2D eigenvalue weighted by molar-refractivity contribution is 6.12. The fourth-order valence-electron chi connectivity index (χ4n) is 3.58. The molecule has 17 heavy (non-hydrogen) atoms. The van der Waals surface area contributed by atoms with E-state index >= 15 is 0 Å². The Morgan fingerprint density at radius 1 is 1.24 bits per heavy atom. The lowest BCUT2D eigenvalue weighted by Gasteiger charge is -2.50. The van der Waals surface area contributed by atoms with Gasteiger partial charge in [0.1, 0.15) is 11.3 Å². The highest BCUT2D eigenvalue weighted by Crippen LogP contribution is 2.63. The number of rotatable bonds is 0. The lowest BCUT2D eigenvalue weighted by Crippen LogP contribution is -2.59. The minimum atomic E-state index is -1.39. The zero-order valence-corrected chi connectivity index (χ0v) is 9.05.